The number of imidazole rings is 2. The van der Waals surface area contributed by atoms with Crippen LogP contribution in [0.5, 0.6) is 0 Å². The molecule has 0 atom stereocenters. The molecular weight excluding hydrogens is 284 g/mol. The minimum atomic E-state index is -2.64. The number of alkyl halides is 2. The normalized spacial score (nSPS) is 11.5. The number of hydrogen-bond donors (Lipinski definition) is 1. The van der Waals surface area contributed by atoms with Crippen molar-refractivity contribution in [3.63, 3.8) is 0 Å². The smallest absolute Gasteiger partial charge is 0.354 e. The van der Waals surface area contributed by atoms with Crippen LogP contribution in [-0.2, 0) is 20.1 Å². The summed E-state index contributed by atoms with van der Waals surface area (Å²) in [6, 6.07) is 0. The average Bonchev–Trinajstić information content (AvgIpc) is 2.97. The summed E-state index contributed by atoms with van der Waals surface area (Å²) >= 11 is 0. The lowest BCUT2D eigenvalue weighted by atomic mass is 10.4. The number of nitrogens with zero attached hydrogens (tertiary/aromatic N) is 5. The molecule has 0 aromatic carbocycles. The van der Waals surface area contributed by atoms with E-state index >= 15 is 0 Å². The first-order chi connectivity index (χ1) is 9.90. The Hall–Kier alpha value is -2.29. The zero-order valence-electron chi connectivity index (χ0n) is 11.6. The number of carboxylic acid groups (broad SMARTS) is 1. The molecule has 9 heteroatoms. The van der Waals surface area contributed by atoms with Crippen LogP contribution in [-0.4, -0.2) is 42.1 Å². The first-order valence-electron chi connectivity index (χ1n) is 6.12. The van der Waals surface area contributed by atoms with Crippen LogP contribution >= 0.6 is 0 Å². The van der Waals surface area contributed by atoms with E-state index in [9.17, 15) is 13.6 Å². The van der Waals surface area contributed by atoms with Gasteiger partial charge in [-0.05, 0) is 7.05 Å². The number of halogens is 2. The van der Waals surface area contributed by atoms with Crippen molar-refractivity contribution in [3.8, 4) is 0 Å². The van der Waals surface area contributed by atoms with E-state index in [4.69, 9.17) is 5.11 Å². The van der Waals surface area contributed by atoms with Crippen LogP contribution in [0.4, 0.5) is 8.78 Å². The summed E-state index contributed by atoms with van der Waals surface area (Å²) in [6.07, 6.45) is 3.81. The maximum absolute atomic E-state index is 12.7. The largest absolute Gasteiger partial charge is 0.477 e. The SMILES string of the molecule is CN(Cc1nccn1C(F)F)Cc1ncc(C(=O)O)n1C. The number of rotatable bonds is 6. The third-order valence-corrected chi connectivity index (χ3v) is 3.09. The maximum atomic E-state index is 12.7. The van der Waals surface area contributed by atoms with E-state index in [1.54, 1.807) is 19.0 Å². The van der Waals surface area contributed by atoms with E-state index in [0.29, 0.717) is 12.4 Å². The molecule has 2 aromatic heterocycles. The molecule has 2 heterocycles. The fraction of sp³-hybridized carbons (Fsp3) is 0.417. The topological polar surface area (TPSA) is 76.2 Å². The Morgan fingerprint density at radius 1 is 1.38 bits per heavy atom. The monoisotopic (exact) mass is 299 g/mol. The Kier molecular flexibility index (Phi) is 4.32. The van der Waals surface area contributed by atoms with E-state index in [2.05, 4.69) is 9.97 Å². The number of carbonyl (C=O) groups is 1. The van der Waals surface area contributed by atoms with E-state index in [-0.39, 0.29) is 18.1 Å². The van der Waals surface area contributed by atoms with Gasteiger partial charge in [-0.1, -0.05) is 0 Å². The lowest BCUT2D eigenvalue weighted by Crippen LogP contribution is -2.22. The lowest BCUT2D eigenvalue weighted by molar-refractivity contribution is 0.0641. The number of carboxylic acids is 1. The summed E-state index contributed by atoms with van der Waals surface area (Å²) in [5.74, 6) is -0.294. The third-order valence-electron chi connectivity index (χ3n) is 3.09. The highest BCUT2D eigenvalue weighted by Crippen LogP contribution is 2.14. The van der Waals surface area contributed by atoms with Crippen molar-refractivity contribution in [2.45, 2.75) is 19.6 Å². The number of hydrogen-bond acceptors (Lipinski definition) is 4. The van der Waals surface area contributed by atoms with Crippen molar-refractivity contribution in [1.82, 2.24) is 24.0 Å². The van der Waals surface area contributed by atoms with Gasteiger partial charge in [0.15, 0.2) is 0 Å². The van der Waals surface area contributed by atoms with Crippen molar-refractivity contribution in [1.29, 1.82) is 0 Å². The molecule has 0 radical (unpaired) electrons. The Balaban J connectivity index is 2.07. The van der Waals surface area contributed by atoms with Crippen molar-refractivity contribution in [3.05, 3.63) is 35.9 Å². The van der Waals surface area contributed by atoms with Gasteiger partial charge in [0.1, 0.15) is 17.3 Å². The summed E-state index contributed by atoms with van der Waals surface area (Å²) in [6.45, 7) is -2.12. The molecule has 0 saturated carbocycles. The van der Waals surface area contributed by atoms with Crippen molar-refractivity contribution >= 4 is 5.97 Å². The molecule has 7 nitrogen and oxygen atoms in total. The molecule has 2 rings (SSSR count). The molecular formula is C12H15F2N5O2. The van der Waals surface area contributed by atoms with Crippen LogP contribution in [0, 0.1) is 0 Å². The van der Waals surface area contributed by atoms with Gasteiger partial charge >= 0.3 is 12.5 Å². The van der Waals surface area contributed by atoms with Gasteiger partial charge in [-0.25, -0.2) is 14.8 Å². The second-order valence-corrected chi connectivity index (χ2v) is 4.62. The van der Waals surface area contributed by atoms with Crippen LogP contribution in [0.25, 0.3) is 0 Å². The van der Waals surface area contributed by atoms with Crippen molar-refractivity contribution < 1.29 is 18.7 Å². The van der Waals surface area contributed by atoms with Gasteiger partial charge in [-0.15, -0.1) is 0 Å². The predicted molar refractivity (Wildman–Crippen MR) is 68.8 cm³/mol. The van der Waals surface area contributed by atoms with Gasteiger partial charge in [0.2, 0.25) is 0 Å². The van der Waals surface area contributed by atoms with E-state index in [1.807, 2.05) is 0 Å². The quantitative estimate of drug-likeness (QED) is 0.871. The Morgan fingerprint density at radius 2 is 2.05 bits per heavy atom. The molecule has 0 saturated heterocycles. The molecule has 21 heavy (non-hydrogen) atoms. The molecule has 2 aromatic rings. The highest BCUT2D eigenvalue weighted by Gasteiger charge is 2.16. The third kappa shape index (κ3) is 3.24. The first kappa shape index (κ1) is 15.1. The van der Waals surface area contributed by atoms with E-state index in [0.717, 1.165) is 4.57 Å². The Labute approximate surface area is 119 Å². The molecule has 0 aliphatic heterocycles. The predicted octanol–water partition coefficient (Wildman–Crippen LogP) is 1.34. The number of aromatic carboxylic acids is 1. The van der Waals surface area contributed by atoms with Crippen LogP contribution < -0.4 is 0 Å². The van der Waals surface area contributed by atoms with Crippen molar-refractivity contribution in [2.24, 2.45) is 7.05 Å². The highest BCUT2D eigenvalue weighted by atomic mass is 19.3. The minimum absolute atomic E-state index is 0.0764. The van der Waals surface area contributed by atoms with Crippen LogP contribution in [0.15, 0.2) is 18.6 Å². The van der Waals surface area contributed by atoms with Crippen LogP contribution in [0.3, 0.4) is 0 Å². The van der Waals surface area contributed by atoms with Crippen LogP contribution in [0.1, 0.15) is 28.7 Å². The Morgan fingerprint density at radius 3 is 2.62 bits per heavy atom. The lowest BCUT2D eigenvalue weighted by Gasteiger charge is -2.17. The molecule has 0 spiro atoms. The molecule has 0 fully saturated rings. The van der Waals surface area contributed by atoms with Gasteiger partial charge in [-0.2, -0.15) is 8.78 Å². The van der Waals surface area contributed by atoms with Gasteiger partial charge < -0.3 is 9.67 Å². The zero-order valence-corrected chi connectivity index (χ0v) is 11.6. The second kappa shape index (κ2) is 6.00. The van der Waals surface area contributed by atoms with E-state index in [1.165, 1.54) is 23.2 Å². The minimum Gasteiger partial charge on any atom is -0.477 e. The average molecular weight is 299 g/mol. The van der Waals surface area contributed by atoms with Gasteiger partial charge in [0, 0.05) is 19.4 Å². The molecule has 0 aliphatic rings. The van der Waals surface area contributed by atoms with Gasteiger partial charge in [0.25, 0.3) is 0 Å². The molecule has 0 unspecified atom stereocenters. The summed E-state index contributed by atoms with van der Waals surface area (Å²) in [4.78, 5) is 20.6. The Bertz CT molecular complexity index is 637. The summed E-state index contributed by atoms with van der Waals surface area (Å²) in [5, 5.41) is 8.95. The molecule has 0 bridgehead atoms. The summed E-state index contributed by atoms with van der Waals surface area (Å²) < 4.78 is 27.7. The standard InChI is InChI=1S/C12H15F2N5O2/c1-17(7-10-15-3-4-19(10)12(13)14)6-9-16-5-8(11(20)21)18(9)2/h3-5,12H,6-7H2,1-2H3,(H,20,21). The fourth-order valence-corrected chi connectivity index (χ4v) is 1.98. The number of aromatic nitrogens is 4. The van der Waals surface area contributed by atoms with Gasteiger partial charge in [0.05, 0.1) is 19.3 Å². The first-order valence-corrected chi connectivity index (χ1v) is 6.12. The molecule has 0 amide bonds. The molecule has 0 aliphatic carbocycles. The maximum Gasteiger partial charge on any atom is 0.354 e. The summed E-state index contributed by atoms with van der Waals surface area (Å²) in [5.41, 5.74) is 0.0764. The van der Waals surface area contributed by atoms with Crippen molar-refractivity contribution in [2.75, 3.05) is 7.05 Å². The molecule has 1 N–H and O–H groups in total. The van der Waals surface area contributed by atoms with E-state index < -0.39 is 12.5 Å². The second-order valence-electron chi connectivity index (χ2n) is 4.62. The zero-order chi connectivity index (χ0) is 15.6. The summed E-state index contributed by atoms with van der Waals surface area (Å²) in [7, 11) is 3.32. The van der Waals surface area contributed by atoms with Crippen LogP contribution in [0.2, 0.25) is 0 Å². The fourth-order valence-electron chi connectivity index (χ4n) is 1.98. The van der Waals surface area contributed by atoms with Gasteiger partial charge in [-0.3, -0.25) is 9.47 Å². The highest BCUT2D eigenvalue weighted by molar-refractivity contribution is 5.85. The molecule has 114 valence electrons.